The normalized spacial score (nSPS) is 12.0. The van der Waals surface area contributed by atoms with Crippen LogP contribution in [0.15, 0.2) is 24.3 Å². The number of hydrogen-bond acceptors (Lipinski definition) is 4. The van der Waals surface area contributed by atoms with Gasteiger partial charge in [-0.2, -0.15) is 0 Å². The molecule has 8 heteroatoms. The van der Waals surface area contributed by atoms with Crippen molar-refractivity contribution in [2.24, 2.45) is 10.8 Å². The Morgan fingerprint density at radius 2 is 1.02 bits per heavy atom. The van der Waals surface area contributed by atoms with Crippen LogP contribution in [0.5, 0.6) is 0 Å². The molecule has 0 heterocycles. The molecule has 0 radical (unpaired) electrons. The van der Waals surface area contributed by atoms with Crippen molar-refractivity contribution in [2.75, 3.05) is 13.1 Å². The first kappa shape index (κ1) is 39.1. The molecule has 0 saturated heterocycles. The third-order valence-corrected chi connectivity index (χ3v) is 5.90. The highest BCUT2D eigenvalue weighted by atomic mass is 16.2. The molecule has 240 valence electrons. The first-order valence-electron chi connectivity index (χ1n) is 15.3. The lowest BCUT2D eigenvalue weighted by atomic mass is 9.95. The largest absolute Gasteiger partial charge is 0.356 e. The van der Waals surface area contributed by atoms with Gasteiger partial charge in [0.25, 0.3) is 5.91 Å². The first-order valence-corrected chi connectivity index (χ1v) is 15.3. The van der Waals surface area contributed by atoms with E-state index in [0.29, 0.717) is 18.5 Å². The van der Waals surface area contributed by atoms with E-state index in [1.807, 2.05) is 107 Å². The van der Waals surface area contributed by atoms with Crippen LogP contribution < -0.4 is 21.3 Å². The van der Waals surface area contributed by atoms with Crippen molar-refractivity contribution in [1.82, 2.24) is 21.3 Å². The molecule has 0 fully saturated rings. The maximum absolute atomic E-state index is 12.0. The van der Waals surface area contributed by atoms with E-state index in [1.54, 1.807) is 0 Å². The third kappa shape index (κ3) is 20.1. The molecule has 0 atom stereocenters. The number of amides is 4. The Morgan fingerprint density at radius 3 is 1.48 bits per heavy atom. The molecular formula is C34H60N4O4. The van der Waals surface area contributed by atoms with Crippen molar-refractivity contribution in [3.05, 3.63) is 35.4 Å². The van der Waals surface area contributed by atoms with Gasteiger partial charge >= 0.3 is 0 Å². The average molecular weight is 589 g/mol. The number of hydrogen-bond donors (Lipinski definition) is 4. The maximum Gasteiger partial charge on any atom is 0.251 e. The van der Waals surface area contributed by atoms with Gasteiger partial charge in [0.05, 0.1) is 0 Å². The summed E-state index contributed by atoms with van der Waals surface area (Å²) in [5.41, 5.74) is 0.681. The van der Waals surface area contributed by atoms with Gasteiger partial charge in [0.1, 0.15) is 0 Å². The third-order valence-electron chi connectivity index (χ3n) is 5.90. The van der Waals surface area contributed by atoms with Gasteiger partial charge < -0.3 is 21.3 Å². The second kappa shape index (κ2) is 17.3. The van der Waals surface area contributed by atoms with E-state index in [2.05, 4.69) is 21.3 Å². The molecule has 4 N–H and O–H groups in total. The summed E-state index contributed by atoms with van der Waals surface area (Å²) in [4.78, 5) is 47.0. The summed E-state index contributed by atoms with van der Waals surface area (Å²) in [5, 5.41) is 11.7. The Labute approximate surface area is 256 Å². The molecule has 1 aromatic rings. The fourth-order valence-corrected chi connectivity index (χ4v) is 3.53. The Kier molecular flexibility index (Phi) is 16.1. The highest BCUT2D eigenvalue weighted by Gasteiger charge is 2.21. The fourth-order valence-electron chi connectivity index (χ4n) is 3.53. The van der Waals surface area contributed by atoms with E-state index in [4.69, 9.17) is 0 Å². The monoisotopic (exact) mass is 588 g/mol. The molecule has 0 aliphatic carbocycles. The van der Waals surface area contributed by atoms with Crippen LogP contribution in [0.3, 0.4) is 0 Å². The minimum Gasteiger partial charge on any atom is -0.356 e. The number of carbonyl (C=O) groups is 4. The highest BCUT2D eigenvalue weighted by molar-refractivity contribution is 5.94. The molecule has 0 aliphatic rings. The molecule has 0 saturated carbocycles. The van der Waals surface area contributed by atoms with Crippen LogP contribution in [0.2, 0.25) is 0 Å². The minimum absolute atomic E-state index is 0.0497. The SMILES string of the molecule is CC(C)(C)NC(=O)CCCCCCNC(=O)C(C)(C)C.CC(C)(C)NC(=O)c1ccc(CCNC(=O)C(C)(C)C)cc1. The Balaban J connectivity index is 0.000000805. The van der Waals surface area contributed by atoms with Crippen LogP contribution >= 0.6 is 0 Å². The summed E-state index contributed by atoms with van der Waals surface area (Å²) < 4.78 is 0. The summed E-state index contributed by atoms with van der Waals surface area (Å²) in [7, 11) is 0. The Hall–Kier alpha value is -2.90. The lowest BCUT2D eigenvalue weighted by Crippen LogP contribution is -2.40. The van der Waals surface area contributed by atoms with Crippen LogP contribution in [-0.2, 0) is 20.8 Å². The molecule has 0 spiro atoms. The second-order valence-electron chi connectivity index (χ2n) is 15.1. The van der Waals surface area contributed by atoms with Crippen molar-refractivity contribution in [3.63, 3.8) is 0 Å². The number of rotatable bonds is 11. The molecular weight excluding hydrogens is 528 g/mol. The van der Waals surface area contributed by atoms with E-state index < -0.39 is 0 Å². The molecule has 0 aliphatic heterocycles. The number of nitrogens with one attached hydrogen (secondary N) is 4. The molecule has 0 bridgehead atoms. The van der Waals surface area contributed by atoms with E-state index in [1.165, 1.54) is 0 Å². The van der Waals surface area contributed by atoms with Crippen molar-refractivity contribution < 1.29 is 19.2 Å². The van der Waals surface area contributed by atoms with Gasteiger partial charge in [-0.1, -0.05) is 66.5 Å². The topological polar surface area (TPSA) is 116 Å². The molecule has 4 amide bonds. The summed E-state index contributed by atoms with van der Waals surface area (Å²) in [5.74, 6) is 0.203. The lowest BCUT2D eigenvalue weighted by Gasteiger charge is -2.20. The molecule has 1 rings (SSSR count). The van der Waals surface area contributed by atoms with E-state index in [9.17, 15) is 19.2 Å². The van der Waals surface area contributed by atoms with E-state index in [-0.39, 0.29) is 45.5 Å². The second-order valence-corrected chi connectivity index (χ2v) is 15.1. The van der Waals surface area contributed by atoms with Crippen LogP contribution in [0.4, 0.5) is 0 Å². The average Bonchev–Trinajstić information content (AvgIpc) is 2.80. The van der Waals surface area contributed by atoms with Gasteiger partial charge in [-0.05, 0) is 78.5 Å². The van der Waals surface area contributed by atoms with Crippen LogP contribution in [0, 0.1) is 10.8 Å². The summed E-state index contributed by atoms with van der Waals surface area (Å²) in [6, 6.07) is 7.51. The zero-order chi connectivity index (χ0) is 32.8. The molecule has 0 unspecified atom stereocenters. The number of benzene rings is 1. The van der Waals surface area contributed by atoms with Crippen LogP contribution in [-0.4, -0.2) is 47.8 Å². The Morgan fingerprint density at radius 1 is 0.571 bits per heavy atom. The smallest absolute Gasteiger partial charge is 0.251 e. The Bertz CT molecular complexity index is 989. The predicted molar refractivity (Wildman–Crippen MR) is 173 cm³/mol. The molecule has 1 aromatic carbocycles. The summed E-state index contributed by atoms with van der Waals surface area (Å²) in [6.07, 6.45) is 5.31. The molecule has 0 aromatic heterocycles. The van der Waals surface area contributed by atoms with Crippen LogP contribution in [0.25, 0.3) is 0 Å². The quantitative estimate of drug-likeness (QED) is 0.240. The van der Waals surface area contributed by atoms with Crippen molar-refractivity contribution >= 4 is 23.6 Å². The number of unbranched alkanes of at least 4 members (excludes halogenated alkanes) is 3. The van der Waals surface area contributed by atoms with Crippen LogP contribution in [0.1, 0.15) is 131 Å². The zero-order valence-corrected chi connectivity index (χ0v) is 28.6. The predicted octanol–water partition coefficient (Wildman–Crippen LogP) is 5.93. The summed E-state index contributed by atoms with van der Waals surface area (Å²) >= 11 is 0. The van der Waals surface area contributed by atoms with Gasteiger partial charge in [0.15, 0.2) is 0 Å². The van der Waals surface area contributed by atoms with Gasteiger partial charge in [-0.15, -0.1) is 0 Å². The standard InChI is InChI=1S/C18H28N2O2.C16H32N2O2/c1-17(2,3)16(22)19-12-11-13-7-9-14(10-8-13)15(21)20-18(4,5)6;1-15(2,3)14(20)17-12-10-8-7-9-11-13(19)18-16(4,5)6/h7-10H,11-12H2,1-6H3,(H,19,22)(H,20,21);7-12H2,1-6H3,(H,17,20)(H,18,19). The van der Waals surface area contributed by atoms with Gasteiger partial charge in [0.2, 0.25) is 17.7 Å². The zero-order valence-electron chi connectivity index (χ0n) is 28.6. The van der Waals surface area contributed by atoms with Crippen molar-refractivity contribution in [1.29, 1.82) is 0 Å². The minimum atomic E-state index is -0.366. The number of carbonyl (C=O) groups excluding carboxylic acids is 4. The maximum atomic E-state index is 12.0. The van der Waals surface area contributed by atoms with Crippen molar-refractivity contribution in [2.45, 2.75) is 133 Å². The van der Waals surface area contributed by atoms with Gasteiger partial charge in [-0.3, -0.25) is 19.2 Å². The van der Waals surface area contributed by atoms with Gasteiger partial charge in [-0.25, -0.2) is 0 Å². The summed E-state index contributed by atoms with van der Waals surface area (Å²) in [6.45, 7) is 24.6. The van der Waals surface area contributed by atoms with E-state index in [0.717, 1.165) is 44.2 Å². The molecule has 8 nitrogen and oxygen atoms in total. The van der Waals surface area contributed by atoms with E-state index >= 15 is 0 Å². The molecule has 42 heavy (non-hydrogen) atoms. The highest BCUT2D eigenvalue weighted by Crippen LogP contribution is 2.14. The van der Waals surface area contributed by atoms with Crippen molar-refractivity contribution in [3.8, 4) is 0 Å². The first-order chi connectivity index (χ1) is 19.0. The fraction of sp³-hybridized carbons (Fsp3) is 0.706. The lowest BCUT2D eigenvalue weighted by molar-refractivity contribution is -0.129. The van der Waals surface area contributed by atoms with Gasteiger partial charge in [0, 0.05) is 47.0 Å².